The fraction of sp³-hybridized carbons (Fsp3) is 0.583. The van der Waals surface area contributed by atoms with Crippen LogP contribution in [0.1, 0.15) is 26.5 Å². The fourth-order valence-electron chi connectivity index (χ4n) is 1.23. The maximum atomic E-state index is 4.36. The number of pyridine rings is 1. The number of rotatable bonds is 5. The summed E-state index contributed by atoms with van der Waals surface area (Å²) < 4.78 is 2.05. The van der Waals surface area contributed by atoms with Crippen LogP contribution in [0.3, 0.4) is 0 Å². The van der Waals surface area contributed by atoms with Crippen LogP contribution in [0.5, 0.6) is 0 Å². The van der Waals surface area contributed by atoms with Crippen molar-refractivity contribution >= 4 is 31.9 Å². The molecular weight excluding hydrogens is 332 g/mol. The number of halogens is 2. The van der Waals surface area contributed by atoms with Crippen LogP contribution in [0.25, 0.3) is 0 Å². The van der Waals surface area contributed by atoms with Gasteiger partial charge in [-0.3, -0.25) is 4.98 Å². The summed E-state index contributed by atoms with van der Waals surface area (Å²) in [5.74, 6) is 1.41. The Kier molecular flexibility index (Phi) is 5.94. The Morgan fingerprint density at radius 2 is 2.00 bits per heavy atom. The Balaban J connectivity index is 2.43. The lowest BCUT2D eigenvalue weighted by Crippen LogP contribution is -2.24. The maximum Gasteiger partial charge on any atom is 0.0684 e. The lowest BCUT2D eigenvalue weighted by molar-refractivity contribution is 0.391. The van der Waals surface area contributed by atoms with Crippen LogP contribution in [0.15, 0.2) is 21.2 Å². The van der Waals surface area contributed by atoms with E-state index < -0.39 is 0 Å². The molecule has 90 valence electrons. The smallest absolute Gasteiger partial charge is 0.0684 e. The van der Waals surface area contributed by atoms with Crippen LogP contribution in [0, 0.1) is 11.8 Å². The van der Waals surface area contributed by atoms with E-state index in [0.717, 1.165) is 27.7 Å². The van der Waals surface area contributed by atoms with Gasteiger partial charge < -0.3 is 5.32 Å². The lowest BCUT2D eigenvalue weighted by atomic mass is 9.98. The molecule has 0 spiro atoms. The molecule has 0 saturated heterocycles. The molecule has 0 aliphatic rings. The average molecular weight is 350 g/mol. The molecular formula is C12H18Br2N2. The predicted octanol–water partition coefficient (Wildman–Crippen LogP) is 3.99. The molecule has 0 fully saturated rings. The van der Waals surface area contributed by atoms with Gasteiger partial charge in [0.1, 0.15) is 0 Å². The molecule has 1 aromatic heterocycles. The molecule has 4 heteroatoms. The van der Waals surface area contributed by atoms with E-state index in [0.29, 0.717) is 11.8 Å². The van der Waals surface area contributed by atoms with Crippen LogP contribution in [0.2, 0.25) is 0 Å². The molecule has 1 rings (SSSR count). The average Bonchev–Trinajstić information content (AvgIpc) is 2.20. The summed E-state index contributed by atoms with van der Waals surface area (Å²) in [4.78, 5) is 4.36. The molecule has 0 amide bonds. The zero-order chi connectivity index (χ0) is 12.1. The van der Waals surface area contributed by atoms with Gasteiger partial charge >= 0.3 is 0 Å². The van der Waals surface area contributed by atoms with Crippen molar-refractivity contribution in [3.8, 4) is 0 Å². The van der Waals surface area contributed by atoms with E-state index in [1.165, 1.54) is 0 Å². The van der Waals surface area contributed by atoms with Gasteiger partial charge in [-0.15, -0.1) is 0 Å². The molecule has 1 atom stereocenters. The fourth-order valence-corrected chi connectivity index (χ4v) is 2.35. The van der Waals surface area contributed by atoms with E-state index in [1.807, 2.05) is 12.3 Å². The van der Waals surface area contributed by atoms with Crippen molar-refractivity contribution in [2.45, 2.75) is 27.3 Å². The molecule has 0 radical (unpaired) electrons. The number of hydrogen-bond acceptors (Lipinski definition) is 2. The number of aromatic nitrogens is 1. The van der Waals surface area contributed by atoms with Crippen molar-refractivity contribution in [2.24, 2.45) is 11.8 Å². The third-order valence-corrected chi connectivity index (χ3v) is 3.90. The lowest BCUT2D eigenvalue weighted by Gasteiger charge is -2.16. The van der Waals surface area contributed by atoms with Gasteiger partial charge in [0.2, 0.25) is 0 Å². The molecule has 0 bridgehead atoms. The maximum absolute atomic E-state index is 4.36. The van der Waals surface area contributed by atoms with Gasteiger partial charge in [0.05, 0.1) is 5.69 Å². The van der Waals surface area contributed by atoms with E-state index in [9.17, 15) is 0 Å². The third kappa shape index (κ3) is 4.52. The third-order valence-electron chi connectivity index (χ3n) is 2.78. The van der Waals surface area contributed by atoms with Crippen molar-refractivity contribution in [1.29, 1.82) is 0 Å². The molecule has 1 N–H and O–H groups in total. The number of nitrogens with zero attached hydrogens (tertiary/aromatic N) is 1. The summed E-state index contributed by atoms with van der Waals surface area (Å²) in [5.41, 5.74) is 1.05. The van der Waals surface area contributed by atoms with Crippen LogP contribution in [-0.4, -0.2) is 11.5 Å². The second-order valence-electron chi connectivity index (χ2n) is 4.43. The Bertz CT molecular complexity index is 340. The molecule has 1 unspecified atom stereocenters. The van der Waals surface area contributed by atoms with E-state index in [1.54, 1.807) is 0 Å². The van der Waals surface area contributed by atoms with Gasteiger partial charge in [-0.2, -0.15) is 0 Å². The van der Waals surface area contributed by atoms with Crippen LogP contribution in [-0.2, 0) is 6.54 Å². The van der Waals surface area contributed by atoms with Gasteiger partial charge in [-0.25, -0.2) is 0 Å². The molecule has 0 aliphatic heterocycles. The number of nitrogens with one attached hydrogen (secondary N) is 1. The first kappa shape index (κ1) is 14.1. The predicted molar refractivity (Wildman–Crippen MR) is 75.3 cm³/mol. The monoisotopic (exact) mass is 348 g/mol. The summed E-state index contributed by atoms with van der Waals surface area (Å²) in [6.07, 6.45) is 1.83. The van der Waals surface area contributed by atoms with E-state index in [-0.39, 0.29) is 0 Å². The second kappa shape index (κ2) is 6.72. The second-order valence-corrected chi connectivity index (χ2v) is 6.20. The first-order valence-corrected chi connectivity index (χ1v) is 7.10. The summed E-state index contributed by atoms with van der Waals surface area (Å²) >= 11 is 6.90. The van der Waals surface area contributed by atoms with Crippen molar-refractivity contribution < 1.29 is 0 Å². The number of hydrogen-bond donors (Lipinski definition) is 1. The minimum atomic E-state index is 0.689. The molecule has 0 aliphatic carbocycles. The zero-order valence-electron chi connectivity index (χ0n) is 9.93. The van der Waals surface area contributed by atoms with Crippen LogP contribution >= 0.6 is 31.9 Å². The van der Waals surface area contributed by atoms with E-state index in [4.69, 9.17) is 0 Å². The minimum absolute atomic E-state index is 0.689. The molecule has 16 heavy (non-hydrogen) atoms. The van der Waals surface area contributed by atoms with Crippen molar-refractivity contribution in [3.63, 3.8) is 0 Å². The summed E-state index contributed by atoms with van der Waals surface area (Å²) in [6, 6.07) is 2.02. The molecule has 1 heterocycles. The first-order valence-electron chi connectivity index (χ1n) is 5.51. The highest BCUT2D eigenvalue weighted by molar-refractivity contribution is 9.11. The summed E-state index contributed by atoms with van der Waals surface area (Å²) in [6.45, 7) is 8.61. The standard InChI is InChI=1S/C12H18Br2N2/c1-8(2)9(3)5-15-7-12-11(14)4-10(13)6-16-12/h4,6,8-9,15H,5,7H2,1-3H3. The van der Waals surface area contributed by atoms with Crippen LogP contribution in [0.4, 0.5) is 0 Å². The van der Waals surface area contributed by atoms with Gasteiger partial charge in [-0.05, 0) is 56.3 Å². The highest BCUT2D eigenvalue weighted by Crippen LogP contribution is 2.19. The van der Waals surface area contributed by atoms with Crippen molar-refractivity contribution in [2.75, 3.05) is 6.54 Å². The van der Waals surface area contributed by atoms with Crippen molar-refractivity contribution in [3.05, 3.63) is 26.9 Å². The Morgan fingerprint density at radius 3 is 2.56 bits per heavy atom. The topological polar surface area (TPSA) is 24.9 Å². The molecule has 0 aromatic carbocycles. The summed E-state index contributed by atoms with van der Waals surface area (Å²) in [5, 5.41) is 3.44. The summed E-state index contributed by atoms with van der Waals surface area (Å²) in [7, 11) is 0. The van der Waals surface area contributed by atoms with Gasteiger partial charge in [0, 0.05) is 21.7 Å². The largest absolute Gasteiger partial charge is 0.311 e. The highest BCUT2D eigenvalue weighted by Gasteiger charge is 2.07. The Morgan fingerprint density at radius 1 is 1.31 bits per heavy atom. The van der Waals surface area contributed by atoms with Gasteiger partial charge in [0.15, 0.2) is 0 Å². The first-order chi connectivity index (χ1) is 7.50. The molecule has 2 nitrogen and oxygen atoms in total. The Labute approximate surface area is 114 Å². The van der Waals surface area contributed by atoms with Gasteiger partial charge in [-0.1, -0.05) is 20.8 Å². The normalized spacial score (nSPS) is 13.1. The van der Waals surface area contributed by atoms with Crippen molar-refractivity contribution in [1.82, 2.24) is 10.3 Å². The van der Waals surface area contributed by atoms with E-state index in [2.05, 4.69) is 62.9 Å². The van der Waals surface area contributed by atoms with Crippen LogP contribution < -0.4 is 5.32 Å². The highest BCUT2D eigenvalue weighted by atomic mass is 79.9. The van der Waals surface area contributed by atoms with E-state index >= 15 is 0 Å². The molecule has 0 saturated carbocycles. The zero-order valence-corrected chi connectivity index (χ0v) is 13.1. The molecule has 1 aromatic rings. The minimum Gasteiger partial charge on any atom is -0.311 e. The quantitative estimate of drug-likeness (QED) is 0.869. The van der Waals surface area contributed by atoms with Gasteiger partial charge in [0.25, 0.3) is 0 Å². The SMILES string of the molecule is CC(C)C(C)CNCc1ncc(Br)cc1Br. The Hall–Kier alpha value is 0.0700.